The molecule has 1 aromatic rings. The summed E-state index contributed by atoms with van der Waals surface area (Å²) in [7, 11) is 0. The second kappa shape index (κ2) is 9.02. The zero-order valence-electron chi connectivity index (χ0n) is 16.8. The molecular weight excluding hydrogens is 343 g/mol. The largest absolute Gasteiger partial charge is 0.379 e. The van der Waals surface area contributed by atoms with Crippen molar-refractivity contribution < 1.29 is 9.13 Å². The van der Waals surface area contributed by atoms with Crippen LogP contribution in [0.15, 0.2) is 29.3 Å². The molecule has 1 aliphatic heterocycles. The quantitative estimate of drug-likeness (QED) is 0.567. The van der Waals surface area contributed by atoms with E-state index in [0.29, 0.717) is 18.6 Å². The van der Waals surface area contributed by atoms with E-state index >= 15 is 0 Å². The van der Waals surface area contributed by atoms with E-state index in [1.807, 2.05) is 12.1 Å². The molecule has 150 valence electrons. The van der Waals surface area contributed by atoms with Gasteiger partial charge in [-0.25, -0.2) is 4.39 Å². The summed E-state index contributed by atoms with van der Waals surface area (Å²) in [5.41, 5.74) is 0.679. The molecule has 1 heterocycles. The Morgan fingerprint density at radius 3 is 2.81 bits per heavy atom. The first-order chi connectivity index (χ1) is 13.1. The zero-order chi connectivity index (χ0) is 19.3. The van der Waals surface area contributed by atoms with E-state index in [9.17, 15) is 4.39 Å². The highest BCUT2D eigenvalue weighted by molar-refractivity contribution is 5.79. The average molecular weight is 377 g/mol. The number of halogens is 1. The molecule has 2 N–H and O–H groups in total. The lowest BCUT2D eigenvalue weighted by Crippen LogP contribution is -2.53. The lowest BCUT2D eigenvalue weighted by atomic mass is 9.95. The van der Waals surface area contributed by atoms with Crippen molar-refractivity contribution in [2.45, 2.75) is 51.1 Å². The van der Waals surface area contributed by atoms with E-state index in [-0.39, 0.29) is 11.2 Å². The molecular formula is C21H33FN4O. The van der Waals surface area contributed by atoms with Crippen LogP contribution in [0, 0.1) is 5.82 Å². The van der Waals surface area contributed by atoms with Crippen molar-refractivity contribution >= 4 is 5.96 Å². The predicted molar refractivity (Wildman–Crippen MR) is 108 cm³/mol. The van der Waals surface area contributed by atoms with Crippen molar-refractivity contribution in [3.8, 4) is 0 Å². The van der Waals surface area contributed by atoms with Gasteiger partial charge in [0.1, 0.15) is 5.82 Å². The van der Waals surface area contributed by atoms with Gasteiger partial charge in [0.25, 0.3) is 0 Å². The third-order valence-corrected chi connectivity index (χ3v) is 5.73. The summed E-state index contributed by atoms with van der Waals surface area (Å²) in [5.74, 6) is 0.700. The van der Waals surface area contributed by atoms with E-state index in [1.54, 1.807) is 12.1 Å². The fourth-order valence-corrected chi connectivity index (χ4v) is 3.88. The Bertz CT molecular complexity index is 647. The number of benzene rings is 1. The summed E-state index contributed by atoms with van der Waals surface area (Å²) in [4.78, 5) is 7.26. The number of aliphatic imine (C=N–C) groups is 1. The number of morpholine rings is 1. The Balaban J connectivity index is 1.59. The van der Waals surface area contributed by atoms with Crippen LogP contribution < -0.4 is 10.6 Å². The Morgan fingerprint density at radius 1 is 1.37 bits per heavy atom. The minimum atomic E-state index is -0.127. The molecule has 5 nitrogen and oxygen atoms in total. The number of guanidine groups is 1. The highest BCUT2D eigenvalue weighted by Gasteiger charge is 2.45. The molecule has 6 heteroatoms. The minimum absolute atomic E-state index is 0.113. The molecule has 2 atom stereocenters. The molecule has 3 rings (SSSR count). The summed E-state index contributed by atoms with van der Waals surface area (Å²) < 4.78 is 19.7. The Kier molecular flexibility index (Phi) is 6.71. The molecule has 1 aliphatic carbocycles. The fraction of sp³-hybridized carbons (Fsp3) is 0.667. The van der Waals surface area contributed by atoms with E-state index in [2.05, 4.69) is 36.3 Å². The van der Waals surface area contributed by atoms with Gasteiger partial charge in [0.15, 0.2) is 5.96 Å². The van der Waals surface area contributed by atoms with Crippen LogP contribution in [0.25, 0.3) is 0 Å². The molecule has 2 aliphatic rings. The second-order valence-electron chi connectivity index (χ2n) is 7.85. The number of hydrogen-bond donors (Lipinski definition) is 2. The summed E-state index contributed by atoms with van der Waals surface area (Å²) >= 11 is 0. The number of rotatable bonds is 7. The van der Waals surface area contributed by atoms with Gasteiger partial charge >= 0.3 is 0 Å². The molecule has 1 saturated heterocycles. The van der Waals surface area contributed by atoms with Crippen LogP contribution in [-0.4, -0.2) is 62.3 Å². The molecule has 0 aromatic heterocycles. The second-order valence-corrected chi connectivity index (χ2v) is 7.85. The Labute approximate surface area is 162 Å². The fourth-order valence-electron chi connectivity index (χ4n) is 3.88. The van der Waals surface area contributed by atoms with Crippen molar-refractivity contribution in [1.82, 2.24) is 15.5 Å². The van der Waals surface area contributed by atoms with Crippen LogP contribution in [0.4, 0.5) is 4.39 Å². The van der Waals surface area contributed by atoms with Gasteiger partial charge in [-0.2, -0.15) is 0 Å². The molecule has 2 fully saturated rings. The van der Waals surface area contributed by atoms with Crippen LogP contribution in [0.2, 0.25) is 0 Å². The van der Waals surface area contributed by atoms with Crippen LogP contribution in [0.1, 0.15) is 39.2 Å². The number of nitrogens with zero attached hydrogens (tertiary/aromatic N) is 2. The number of ether oxygens (including phenoxy) is 1. The topological polar surface area (TPSA) is 48.9 Å². The van der Waals surface area contributed by atoms with E-state index < -0.39 is 0 Å². The maximum atomic E-state index is 14.2. The normalized spacial score (nSPS) is 23.7. The maximum Gasteiger partial charge on any atom is 0.191 e. The van der Waals surface area contributed by atoms with Crippen molar-refractivity contribution in [1.29, 1.82) is 0 Å². The van der Waals surface area contributed by atoms with Gasteiger partial charge in [0.05, 0.1) is 19.8 Å². The average Bonchev–Trinajstić information content (AvgIpc) is 3.45. The lowest BCUT2D eigenvalue weighted by Gasteiger charge is -2.38. The van der Waals surface area contributed by atoms with Crippen LogP contribution in [0.5, 0.6) is 0 Å². The van der Waals surface area contributed by atoms with Gasteiger partial charge in [-0.3, -0.25) is 9.89 Å². The SMILES string of the molecule is CCNC(=NCC1(c2ccccc2F)CC1)NCC(C)N1CCOCC1C. The summed E-state index contributed by atoms with van der Waals surface area (Å²) in [5, 5.41) is 6.79. The van der Waals surface area contributed by atoms with Crippen molar-refractivity contribution in [3.63, 3.8) is 0 Å². The molecule has 0 bridgehead atoms. The first-order valence-corrected chi connectivity index (χ1v) is 10.2. The van der Waals surface area contributed by atoms with E-state index in [0.717, 1.165) is 57.2 Å². The number of hydrogen-bond acceptors (Lipinski definition) is 3. The van der Waals surface area contributed by atoms with Gasteiger partial charge in [0, 0.05) is 37.1 Å². The van der Waals surface area contributed by atoms with Crippen molar-refractivity contribution in [2.24, 2.45) is 4.99 Å². The maximum absolute atomic E-state index is 14.2. The summed E-state index contributed by atoms with van der Waals surface area (Å²) in [6.45, 7) is 11.3. The monoisotopic (exact) mass is 376 g/mol. The van der Waals surface area contributed by atoms with Crippen LogP contribution in [0.3, 0.4) is 0 Å². The van der Waals surface area contributed by atoms with E-state index in [4.69, 9.17) is 9.73 Å². The van der Waals surface area contributed by atoms with Gasteiger partial charge < -0.3 is 15.4 Å². The van der Waals surface area contributed by atoms with Gasteiger partial charge in [-0.05, 0) is 45.2 Å². The standard InChI is InChI=1S/C21H33FN4O/c1-4-23-20(24-13-16(2)26-11-12-27-14-17(26)3)25-15-21(9-10-21)18-7-5-6-8-19(18)22/h5-8,16-17H,4,9-15H2,1-3H3,(H2,23,24,25). The molecule has 2 unspecified atom stereocenters. The first kappa shape index (κ1) is 20.1. The molecule has 0 amide bonds. The van der Waals surface area contributed by atoms with Gasteiger partial charge in [0.2, 0.25) is 0 Å². The van der Waals surface area contributed by atoms with Crippen molar-refractivity contribution in [3.05, 3.63) is 35.6 Å². The summed E-state index contributed by atoms with van der Waals surface area (Å²) in [6.07, 6.45) is 2.00. The molecule has 1 aromatic carbocycles. The van der Waals surface area contributed by atoms with Gasteiger partial charge in [-0.15, -0.1) is 0 Å². The van der Waals surface area contributed by atoms with E-state index in [1.165, 1.54) is 0 Å². The minimum Gasteiger partial charge on any atom is -0.379 e. The van der Waals surface area contributed by atoms with Crippen LogP contribution in [-0.2, 0) is 10.2 Å². The first-order valence-electron chi connectivity index (χ1n) is 10.2. The van der Waals surface area contributed by atoms with Crippen LogP contribution >= 0.6 is 0 Å². The molecule has 1 saturated carbocycles. The lowest BCUT2D eigenvalue weighted by molar-refractivity contribution is -0.0174. The Hall–Kier alpha value is -1.66. The highest BCUT2D eigenvalue weighted by atomic mass is 19.1. The molecule has 0 spiro atoms. The molecule has 0 radical (unpaired) electrons. The van der Waals surface area contributed by atoms with Gasteiger partial charge in [-0.1, -0.05) is 18.2 Å². The predicted octanol–water partition coefficient (Wildman–Crippen LogP) is 2.52. The number of nitrogens with one attached hydrogen (secondary N) is 2. The third kappa shape index (κ3) is 4.99. The van der Waals surface area contributed by atoms with Crippen molar-refractivity contribution in [2.75, 3.05) is 39.4 Å². The summed E-state index contributed by atoms with van der Waals surface area (Å²) in [6, 6.07) is 7.95. The third-order valence-electron chi connectivity index (χ3n) is 5.73. The Morgan fingerprint density at radius 2 is 2.15 bits per heavy atom. The zero-order valence-corrected chi connectivity index (χ0v) is 16.8. The smallest absolute Gasteiger partial charge is 0.191 e. The highest BCUT2D eigenvalue weighted by Crippen LogP contribution is 2.49. The molecule has 27 heavy (non-hydrogen) atoms.